The summed E-state index contributed by atoms with van der Waals surface area (Å²) in [7, 11) is 0. The molecule has 1 aliphatic carbocycles. The molecule has 0 aromatic carbocycles. The largest absolute Gasteiger partial charge is 0.458 e. The lowest BCUT2D eigenvalue weighted by molar-refractivity contribution is -0.239. The fraction of sp³-hybridized carbons (Fsp3) is 0.733. The fourth-order valence-corrected chi connectivity index (χ4v) is 4.22. The van der Waals surface area contributed by atoms with E-state index in [1.54, 1.807) is 13.8 Å². The van der Waals surface area contributed by atoms with E-state index < -0.39 is 16.6 Å². The van der Waals surface area contributed by atoms with Gasteiger partial charge in [0.05, 0.1) is 5.60 Å². The Balaban J connectivity index is 2.18. The van der Waals surface area contributed by atoms with Gasteiger partial charge in [-0.2, -0.15) is 0 Å². The molecule has 0 bridgehead atoms. The number of aliphatic hydroxyl groups is 1. The highest BCUT2D eigenvalue weighted by molar-refractivity contribution is 5.92. The molecule has 1 fully saturated rings. The van der Waals surface area contributed by atoms with Gasteiger partial charge in [0.25, 0.3) is 0 Å². The second-order valence-corrected chi connectivity index (χ2v) is 6.73. The monoisotopic (exact) mass is 280 g/mol. The molecule has 20 heavy (non-hydrogen) atoms. The maximum atomic E-state index is 11.8. The van der Waals surface area contributed by atoms with Gasteiger partial charge in [0, 0.05) is 17.4 Å². The van der Waals surface area contributed by atoms with E-state index in [-0.39, 0.29) is 18.5 Å². The first-order chi connectivity index (χ1) is 9.21. The lowest BCUT2D eigenvalue weighted by atomic mass is 9.54. The molecule has 0 aromatic rings. The second-order valence-electron chi connectivity index (χ2n) is 6.73. The van der Waals surface area contributed by atoms with E-state index in [0.717, 1.165) is 5.57 Å². The van der Waals surface area contributed by atoms with Gasteiger partial charge in [0.1, 0.15) is 12.2 Å². The van der Waals surface area contributed by atoms with E-state index in [0.29, 0.717) is 31.3 Å². The van der Waals surface area contributed by atoms with Crippen LogP contribution in [0, 0.1) is 5.41 Å². The average Bonchev–Trinajstić information content (AvgIpc) is 2.72. The highest BCUT2D eigenvalue weighted by atomic mass is 16.6. The van der Waals surface area contributed by atoms with Crippen molar-refractivity contribution in [2.45, 2.75) is 57.7 Å². The molecule has 0 spiro atoms. The smallest absolute Gasteiger partial charge is 0.334 e. The van der Waals surface area contributed by atoms with Crippen molar-refractivity contribution >= 4 is 11.9 Å². The summed E-state index contributed by atoms with van der Waals surface area (Å²) in [6, 6.07) is 0. The molecule has 3 aliphatic rings. The minimum atomic E-state index is -1.18. The first-order valence-corrected chi connectivity index (χ1v) is 7.05. The molecule has 110 valence electrons. The first kappa shape index (κ1) is 13.6. The molecule has 1 saturated heterocycles. The van der Waals surface area contributed by atoms with Gasteiger partial charge >= 0.3 is 11.9 Å². The summed E-state index contributed by atoms with van der Waals surface area (Å²) in [5, 5.41) is 10.7. The van der Waals surface area contributed by atoms with E-state index in [1.807, 2.05) is 6.92 Å². The average molecular weight is 280 g/mol. The molecular formula is C15H20O5. The molecule has 3 rings (SSSR count). The lowest BCUT2D eigenvalue weighted by Gasteiger charge is -2.58. The molecule has 0 aromatic heterocycles. The Morgan fingerprint density at radius 1 is 1.20 bits per heavy atom. The molecule has 0 saturated carbocycles. The van der Waals surface area contributed by atoms with Gasteiger partial charge in [-0.3, -0.25) is 4.79 Å². The van der Waals surface area contributed by atoms with Crippen LogP contribution in [0.5, 0.6) is 0 Å². The predicted molar refractivity (Wildman–Crippen MR) is 69.7 cm³/mol. The van der Waals surface area contributed by atoms with Crippen LogP contribution < -0.4 is 0 Å². The minimum Gasteiger partial charge on any atom is -0.458 e. The van der Waals surface area contributed by atoms with Crippen LogP contribution in [0.25, 0.3) is 0 Å². The number of hydrogen-bond acceptors (Lipinski definition) is 5. The standard InChI is InChI=1S/C15H20O5/c1-13(2,18)15-7-4-9-10(8-19-12(9)17)14(15,3)6-5-11(16)20-15/h18H,4-8H2,1-3H3/t14-,15-/m1/s1. The van der Waals surface area contributed by atoms with E-state index in [9.17, 15) is 14.7 Å². The van der Waals surface area contributed by atoms with Gasteiger partial charge < -0.3 is 14.6 Å². The van der Waals surface area contributed by atoms with Gasteiger partial charge in [-0.1, -0.05) is 6.92 Å². The topological polar surface area (TPSA) is 72.8 Å². The van der Waals surface area contributed by atoms with Crippen LogP contribution in [-0.4, -0.2) is 34.9 Å². The third-order valence-electron chi connectivity index (χ3n) is 5.35. The number of cyclic esters (lactones) is 1. The number of ether oxygens (including phenoxy) is 2. The van der Waals surface area contributed by atoms with E-state index in [2.05, 4.69) is 0 Å². The number of fused-ring (bicyclic) bond motifs is 2. The van der Waals surface area contributed by atoms with Crippen molar-refractivity contribution in [3.63, 3.8) is 0 Å². The zero-order chi connectivity index (χ0) is 14.8. The third kappa shape index (κ3) is 1.47. The van der Waals surface area contributed by atoms with Crippen molar-refractivity contribution in [2.24, 2.45) is 5.41 Å². The van der Waals surface area contributed by atoms with Crippen molar-refractivity contribution in [3.05, 3.63) is 11.1 Å². The first-order valence-electron chi connectivity index (χ1n) is 7.05. The quantitative estimate of drug-likeness (QED) is 0.737. The lowest BCUT2D eigenvalue weighted by Crippen LogP contribution is -2.66. The van der Waals surface area contributed by atoms with Crippen LogP contribution in [-0.2, 0) is 19.1 Å². The van der Waals surface area contributed by atoms with E-state index in [1.165, 1.54) is 0 Å². The molecule has 2 heterocycles. The molecule has 1 N–H and O–H groups in total. The number of esters is 2. The molecule has 0 amide bonds. The SMILES string of the molecule is CC(C)(O)[C@]12CCC3=C(COC3=O)[C@@]1(C)CCC(=O)O2. The van der Waals surface area contributed by atoms with Crippen LogP contribution in [0.2, 0.25) is 0 Å². The van der Waals surface area contributed by atoms with Crippen LogP contribution >= 0.6 is 0 Å². The summed E-state index contributed by atoms with van der Waals surface area (Å²) in [4.78, 5) is 23.6. The normalized spacial score (nSPS) is 37.2. The Morgan fingerprint density at radius 3 is 2.55 bits per heavy atom. The molecular weight excluding hydrogens is 260 g/mol. The Bertz CT molecular complexity index is 527. The number of hydrogen-bond donors (Lipinski definition) is 1. The van der Waals surface area contributed by atoms with Crippen LogP contribution in [0.4, 0.5) is 0 Å². The van der Waals surface area contributed by atoms with Gasteiger partial charge in [-0.25, -0.2) is 4.79 Å². The summed E-state index contributed by atoms with van der Waals surface area (Å²) in [5.74, 6) is -0.540. The fourth-order valence-electron chi connectivity index (χ4n) is 4.22. The molecule has 5 nitrogen and oxygen atoms in total. The number of rotatable bonds is 1. The van der Waals surface area contributed by atoms with Crippen LogP contribution in [0.15, 0.2) is 11.1 Å². The van der Waals surface area contributed by atoms with Crippen molar-refractivity contribution in [1.29, 1.82) is 0 Å². The molecule has 0 radical (unpaired) electrons. The van der Waals surface area contributed by atoms with Crippen molar-refractivity contribution in [2.75, 3.05) is 6.61 Å². The zero-order valence-electron chi connectivity index (χ0n) is 12.1. The van der Waals surface area contributed by atoms with Crippen molar-refractivity contribution in [3.8, 4) is 0 Å². The van der Waals surface area contributed by atoms with E-state index >= 15 is 0 Å². The Morgan fingerprint density at radius 2 is 1.90 bits per heavy atom. The zero-order valence-corrected chi connectivity index (χ0v) is 12.1. The highest BCUT2D eigenvalue weighted by Gasteiger charge is 2.66. The maximum Gasteiger partial charge on any atom is 0.334 e. The Labute approximate surface area is 117 Å². The van der Waals surface area contributed by atoms with E-state index in [4.69, 9.17) is 9.47 Å². The van der Waals surface area contributed by atoms with Gasteiger partial charge in [-0.15, -0.1) is 0 Å². The summed E-state index contributed by atoms with van der Waals surface area (Å²) in [6.07, 6.45) is 1.82. The highest BCUT2D eigenvalue weighted by Crippen LogP contribution is 2.59. The summed E-state index contributed by atoms with van der Waals surface area (Å²) < 4.78 is 10.9. The minimum absolute atomic E-state index is 0.250. The maximum absolute atomic E-state index is 11.8. The second kappa shape index (κ2) is 3.85. The van der Waals surface area contributed by atoms with Crippen molar-refractivity contribution < 1.29 is 24.2 Å². The Hall–Kier alpha value is -1.36. The molecule has 2 aliphatic heterocycles. The van der Waals surface area contributed by atoms with Gasteiger partial charge in [-0.05, 0) is 38.7 Å². The number of carbonyl (C=O) groups is 2. The van der Waals surface area contributed by atoms with Crippen LogP contribution in [0.3, 0.4) is 0 Å². The third-order valence-corrected chi connectivity index (χ3v) is 5.35. The molecule has 2 atom stereocenters. The van der Waals surface area contributed by atoms with Crippen molar-refractivity contribution in [1.82, 2.24) is 0 Å². The summed E-state index contributed by atoms with van der Waals surface area (Å²) >= 11 is 0. The Kier molecular flexibility index (Phi) is 2.62. The number of carbonyl (C=O) groups excluding carboxylic acids is 2. The molecule has 5 heteroatoms. The summed E-state index contributed by atoms with van der Waals surface area (Å²) in [6.45, 7) is 5.58. The van der Waals surface area contributed by atoms with Gasteiger partial charge in [0.2, 0.25) is 0 Å². The summed E-state index contributed by atoms with van der Waals surface area (Å²) in [5.41, 5.74) is -1.09. The van der Waals surface area contributed by atoms with Crippen LogP contribution in [0.1, 0.15) is 46.5 Å². The molecule has 0 unspecified atom stereocenters. The predicted octanol–water partition coefficient (Wildman–Crippen LogP) is 1.49. The van der Waals surface area contributed by atoms with Gasteiger partial charge in [0.15, 0.2) is 0 Å².